The van der Waals surface area contributed by atoms with Gasteiger partial charge in [-0.3, -0.25) is 4.79 Å². The molecule has 0 aliphatic heterocycles. The molecule has 2 aromatic rings. The van der Waals surface area contributed by atoms with Crippen molar-refractivity contribution < 1.29 is 17.6 Å². The maximum Gasteiger partial charge on any atom is 0.287 e. The number of hydrogen-bond acceptors (Lipinski definition) is 5. The maximum absolute atomic E-state index is 12.1. The van der Waals surface area contributed by atoms with Crippen LogP contribution < -0.4 is 10.0 Å². The van der Waals surface area contributed by atoms with Gasteiger partial charge in [0, 0.05) is 31.0 Å². The Hall–Kier alpha value is -2.13. The Balaban J connectivity index is 1.88. The molecule has 2 heterocycles. The molecular formula is C15H22N4O4S. The Morgan fingerprint density at radius 3 is 2.71 bits per heavy atom. The third-order valence-corrected chi connectivity index (χ3v) is 4.58. The van der Waals surface area contributed by atoms with Gasteiger partial charge in [-0.1, -0.05) is 0 Å². The van der Waals surface area contributed by atoms with Crippen LogP contribution in [0.3, 0.4) is 0 Å². The number of imidazole rings is 1. The van der Waals surface area contributed by atoms with E-state index < -0.39 is 21.5 Å². The van der Waals surface area contributed by atoms with E-state index in [0.29, 0.717) is 6.54 Å². The molecule has 0 unspecified atom stereocenters. The summed E-state index contributed by atoms with van der Waals surface area (Å²) in [5.74, 6) is -0.482. The fourth-order valence-corrected chi connectivity index (χ4v) is 3.36. The zero-order valence-corrected chi connectivity index (χ0v) is 14.8. The van der Waals surface area contributed by atoms with Gasteiger partial charge >= 0.3 is 0 Å². The molecule has 0 saturated heterocycles. The van der Waals surface area contributed by atoms with E-state index >= 15 is 0 Å². The standard InChI is InChI=1S/C15H22N4O4S/c1-15(2,3)18-24(21,22)13-6-5-12(23-13)14(20)17-7-4-9-19-10-8-16-11-19/h5-6,8,10-11,18H,4,7,9H2,1-3H3,(H,17,20). The number of sulfonamides is 1. The molecule has 132 valence electrons. The van der Waals surface area contributed by atoms with Gasteiger partial charge in [-0.05, 0) is 39.3 Å². The highest BCUT2D eigenvalue weighted by Crippen LogP contribution is 2.16. The van der Waals surface area contributed by atoms with E-state index in [4.69, 9.17) is 4.42 Å². The first-order valence-electron chi connectivity index (χ1n) is 7.55. The monoisotopic (exact) mass is 354 g/mol. The Morgan fingerprint density at radius 2 is 2.08 bits per heavy atom. The van der Waals surface area contributed by atoms with Gasteiger partial charge in [-0.2, -0.15) is 0 Å². The molecule has 8 nitrogen and oxygen atoms in total. The number of nitrogens with zero attached hydrogens (tertiary/aromatic N) is 2. The van der Waals surface area contributed by atoms with Crippen molar-refractivity contribution in [1.29, 1.82) is 0 Å². The molecular weight excluding hydrogens is 332 g/mol. The van der Waals surface area contributed by atoms with Crippen LogP contribution in [0.25, 0.3) is 0 Å². The van der Waals surface area contributed by atoms with Gasteiger partial charge in [-0.25, -0.2) is 18.1 Å². The van der Waals surface area contributed by atoms with Gasteiger partial charge in [0.15, 0.2) is 5.76 Å². The number of nitrogens with one attached hydrogen (secondary N) is 2. The summed E-state index contributed by atoms with van der Waals surface area (Å²) in [5, 5.41) is 2.42. The Kier molecular flexibility index (Phi) is 5.45. The third-order valence-electron chi connectivity index (χ3n) is 2.95. The molecule has 0 bridgehead atoms. The minimum absolute atomic E-state index is 0.0353. The average molecular weight is 354 g/mol. The van der Waals surface area contributed by atoms with Gasteiger partial charge in [0.2, 0.25) is 5.09 Å². The molecule has 0 spiro atoms. The number of carbonyl (C=O) groups excluding carboxylic acids is 1. The van der Waals surface area contributed by atoms with Crippen LogP contribution in [-0.4, -0.2) is 36.0 Å². The van der Waals surface area contributed by atoms with E-state index in [-0.39, 0.29) is 10.9 Å². The molecule has 0 fully saturated rings. The van der Waals surface area contributed by atoms with Crippen molar-refractivity contribution in [1.82, 2.24) is 19.6 Å². The summed E-state index contributed by atoms with van der Waals surface area (Å²) in [6.07, 6.45) is 5.95. The number of rotatable bonds is 7. The molecule has 9 heteroatoms. The lowest BCUT2D eigenvalue weighted by Gasteiger charge is -2.18. The Bertz CT molecular complexity index is 773. The predicted molar refractivity (Wildman–Crippen MR) is 88.0 cm³/mol. The van der Waals surface area contributed by atoms with Crippen molar-refractivity contribution >= 4 is 15.9 Å². The number of furan rings is 1. The number of aryl methyl sites for hydroxylation is 1. The van der Waals surface area contributed by atoms with E-state index in [1.165, 1.54) is 12.1 Å². The first-order chi connectivity index (χ1) is 11.2. The smallest absolute Gasteiger partial charge is 0.287 e. The number of hydrogen-bond donors (Lipinski definition) is 2. The molecule has 2 N–H and O–H groups in total. The van der Waals surface area contributed by atoms with E-state index in [1.807, 2.05) is 10.8 Å². The van der Waals surface area contributed by atoms with Gasteiger partial charge in [0.1, 0.15) is 0 Å². The third kappa shape index (κ3) is 5.20. The highest BCUT2D eigenvalue weighted by Gasteiger charge is 2.26. The lowest BCUT2D eigenvalue weighted by atomic mass is 10.1. The quantitative estimate of drug-likeness (QED) is 0.731. The second kappa shape index (κ2) is 7.18. The van der Waals surface area contributed by atoms with Crippen molar-refractivity contribution in [3.05, 3.63) is 36.6 Å². The summed E-state index contributed by atoms with van der Waals surface area (Å²) in [6.45, 7) is 6.34. The highest BCUT2D eigenvalue weighted by atomic mass is 32.2. The zero-order valence-electron chi connectivity index (χ0n) is 13.9. The number of amides is 1. The lowest BCUT2D eigenvalue weighted by molar-refractivity contribution is 0.0919. The second-order valence-corrected chi connectivity index (χ2v) is 8.00. The Labute approximate surface area is 141 Å². The van der Waals surface area contributed by atoms with Gasteiger partial charge < -0.3 is 14.3 Å². The Morgan fingerprint density at radius 1 is 1.33 bits per heavy atom. The molecule has 0 atom stereocenters. The molecule has 24 heavy (non-hydrogen) atoms. The number of carbonyl (C=O) groups is 1. The predicted octanol–water partition coefficient (Wildman–Crippen LogP) is 1.37. The second-order valence-electron chi connectivity index (χ2n) is 6.38. The minimum atomic E-state index is -3.79. The van der Waals surface area contributed by atoms with Crippen LogP contribution in [0.4, 0.5) is 0 Å². The molecule has 0 radical (unpaired) electrons. The lowest BCUT2D eigenvalue weighted by Crippen LogP contribution is -2.40. The normalized spacial score (nSPS) is 12.3. The topological polar surface area (TPSA) is 106 Å². The van der Waals surface area contributed by atoms with Crippen molar-refractivity contribution in [3.8, 4) is 0 Å². The molecule has 0 aromatic carbocycles. The molecule has 2 aromatic heterocycles. The van der Waals surface area contributed by atoms with Crippen molar-refractivity contribution in [2.24, 2.45) is 0 Å². The van der Waals surface area contributed by atoms with E-state index in [2.05, 4.69) is 15.0 Å². The minimum Gasteiger partial charge on any atom is -0.438 e. The molecule has 0 saturated carbocycles. The van der Waals surface area contributed by atoms with Crippen LogP contribution in [-0.2, 0) is 16.6 Å². The first-order valence-corrected chi connectivity index (χ1v) is 9.03. The van der Waals surface area contributed by atoms with Crippen LogP contribution in [0, 0.1) is 0 Å². The fraction of sp³-hybridized carbons (Fsp3) is 0.467. The summed E-state index contributed by atoms with van der Waals surface area (Å²) >= 11 is 0. The molecule has 2 rings (SSSR count). The number of aromatic nitrogens is 2. The van der Waals surface area contributed by atoms with Gasteiger partial charge in [0.05, 0.1) is 6.33 Å². The SMILES string of the molecule is CC(C)(C)NS(=O)(=O)c1ccc(C(=O)NCCCn2ccnc2)o1. The van der Waals surface area contributed by atoms with Crippen LogP contribution in [0.2, 0.25) is 0 Å². The van der Waals surface area contributed by atoms with Gasteiger partial charge in [0.25, 0.3) is 15.9 Å². The van der Waals surface area contributed by atoms with Gasteiger partial charge in [-0.15, -0.1) is 0 Å². The largest absolute Gasteiger partial charge is 0.438 e. The molecule has 0 aliphatic carbocycles. The summed E-state index contributed by atoms with van der Waals surface area (Å²) in [6, 6.07) is 2.62. The van der Waals surface area contributed by atoms with Crippen molar-refractivity contribution in [2.45, 2.75) is 44.4 Å². The van der Waals surface area contributed by atoms with Crippen LogP contribution in [0.1, 0.15) is 37.7 Å². The zero-order chi connectivity index (χ0) is 17.8. The van der Waals surface area contributed by atoms with E-state index in [0.717, 1.165) is 13.0 Å². The summed E-state index contributed by atoms with van der Waals surface area (Å²) < 4.78 is 33.8. The highest BCUT2D eigenvalue weighted by molar-refractivity contribution is 7.89. The van der Waals surface area contributed by atoms with Crippen LogP contribution in [0.5, 0.6) is 0 Å². The average Bonchev–Trinajstić information content (AvgIpc) is 3.12. The first kappa shape index (κ1) is 18.2. The van der Waals surface area contributed by atoms with Crippen molar-refractivity contribution in [2.75, 3.05) is 6.54 Å². The molecule has 1 amide bonds. The van der Waals surface area contributed by atoms with E-state index in [1.54, 1.807) is 33.3 Å². The van der Waals surface area contributed by atoms with Crippen molar-refractivity contribution in [3.63, 3.8) is 0 Å². The van der Waals surface area contributed by atoms with Crippen LogP contribution in [0.15, 0.2) is 40.4 Å². The van der Waals surface area contributed by atoms with Crippen LogP contribution >= 0.6 is 0 Å². The van der Waals surface area contributed by atoms with E-state index in [9.17, 15) is 13.2 Å². The maximum atomic E-state index is 12.1. The summed E-state index contributed by atoms with van der Waals surface area (Å²) in [5.41, 5.74) is -0.638. The fourth-order valence-electron chi connectivity index (χ4n) is 2.01. The summed E-state index contributed by atoms with van der Waals surface area (Å²) in [4.78, 5) is 15.9. The molecule has 0 aliphatic rings. The summed E-state index contributed by atoms with van der Waals surface area (Å²) in [7, 11) is -3.79.